The highest BCUT2D eigenvalue weighted by molar-refractivity contribution is 5.63. The summed E-state index contributed by atoms with van der Waals surface area (Å²) in [6.07, 6.45) is 2.51. The zero-order valence-electron chi connectivity index (χ0n) is 11.3. The Labute approximate surface area is 113 Å². The summed E-state index contributed by atoms with van der Waals surface area (Å²) < 4.78 is 5.61. The Morgan fingerprint density at radius 3 is 2.79 bits per heavy atom. The lowest BCUT2D eigenvalue weighted by molar-refractivity contribution is 0.341. The molecule has 0 spiro atoms. The lowest BCUT2D eigenvalue weighted by atomic mass is 10.1. The Morgan fingerprint density at radius 2 is 2.05 bits per heavy atom. The molecule has 2 N–H and O–H groups in total. The molecule has 2 aromatic rings. The number of para-hydroxylation sites is 1. The zero-order chi connectivity index (χ0) is 13.7. The van der Waals surface area contributed by atoms with E-state index in [2.05, 4.69) is 9.97 Å². The highest BCUT2D eigenvalue weighted by Gasteiger charge is 2.09. The molecule has 4 nitrogen and oxygen atoms in total. The van der Waals surface area contributed by atoms with Crippen molar-refractivity contribution in [2.75, 3.05) is 6.61 Å². The van der Waals surface area contributed by atoms with Gasteiger partial charge in [-0.15, -0.1) is 0 Å². The van der Waals surface area contributed by atoms with Gasteiger partial charge in [0, 0.05) is 24.4 Å². The van der Waals surface area contributed by atoms with Crippen molar-refractivity contribution < 1.29 is 4.74 Å². The monoisotopic (exact) mass is 257 g/mol. The first-order valence-corrected chi connectivity index (χ1v) is 6.50. The van der Waals surface area contributed by atoms with Gasteiger partial charge in [0.25, 0.3) is 0 Å². The first kappa shape index (κ1) is 13.5. The third-order valence-corrected chi connectivity index (χ3v) is 2.67. The van der Waals surface area contributed by atoms with Crippen LogP contribution in [0.2, 0.25) is 0 Å². The minimum atomic E-state index is 0.0879. The molecule has 0 aliphatic heterocycles. The summed E-state index contributed by atoms with van der Waals surface area (Å²) in [4.78, 5) is 8.88. The molecule has 100 valence electrons. The molecule has 0 bridgehead atoms. The molecule has 1 heterocycles. The fourth-order valence-corrected chi connectivity index (χ4v) is 1.90. The number of ether oxygens (including phenoxy) is 1. The van der Waals surface area contributed by atoms with E-state index in [9.17, 15) is 0 Å². The van der Waals surface area contributed by atoms with E-state index in [1.165, 1.54) is 0 Å². The molecule has 0 amide bonds. The molecule has 4 heteroatoms. The molecule has 2 rings (SSSR count). The molecule has 0 saturated carbocycles. The predicted molar refractivity (Wildman–Crippen MR) is 76.0 cm³/mol. The van der Waals surface area contributed by atoms with Crippen LogP contribution in [0.4, 0.5) is 0 Å². The number of rotatable bonds is 5. The second kappa shape index (κ2) is 6.29. The van der Waals surface area contributed by atoms with Gasteiger partial charge < -0.3 is 10.5 Å². The Kier molecular flexibility index (Phi) is 4.47. The van der Waals surface area contributed by atoms with E-state index in [0.29, 0.717) is 12.4 Å². The minimum absolute atomic E-state index is 0.0879. The van der Waals surface area contributed by atoms with E-state index in [1.807, 2.05) is 44.2 Å². The maximum absolute atomic E-state index is 5.81. The van der Waals surface area contributed by atoms with Gasteiger partial charge in [-0.25, -0.2) is 9.97 Å². The van der Waals surface area contributed by atoms with E-state index in [0.717, 1.165) is 23.4 Å². The Balaban J connectivity index is 2.36. The Hall–Kier alpha value is -1.94. The average molecular weight is 257 g/mol. The van der Waals surface area contributed by atoms with Crippen LogP contribution in [0.15, 0.2) is 36.5 Å². The molecule has 1 unspecified atom stereocenters. The van der Waals surface area contributed by atoms with Crippen molar-refractivity contribution in [3.63, 3.8) is 0 Å². The van der Waals surface area contributed by atoms with E-state index in [4.69, 9.17) is 10.5 Å². The van der Waals surface area contributed by atoms with Crippen molar-refractivity contribution in [2.45, 2.75) is 26.3 Å². The van der Waals surface area contributed by atoms with Gasteiger partial charge >= 0.3 is 0 Å². The summed E-state index contributed by atoms with van der Waals surface area (Å²) in [5.41, 5.74) is 7.67. The number of aromatic nitrogens is 2. The highest BCUT2D eigenvalue weighted by Crippen LogP contribution is 2.27. The summed E-state index contributed by atoms with van der Waals surface area (Å²) in [6.45, 7) is 4.55. The highest BCUT2D eigenvalue weighted by atomic mass is 16.5. The van der Waals surface area contributed by atoms with Gasteiger partial charge in [-0.3, -0.25) is 0 Å². The first-order chi connectivity index (χ1) is 9.20. The summed E-state index contributed by atoms with van der Waals surface area (Å²) >= 11 is 0. The third kappa shape index (κ3) is 3.51. The van der Waals surface area contributed by atoms with Crippen molar-refractivity contribution in [3.8, 4) is 17.1 Å². The number of nitrogens with zero attached hydrogens (tertiary/aromatic N) is 2. The fraction of sp³-hybridized carbons (Fsp3) is 0.333. The van der Waals surface area contributed by atoms with Crippen LogP contribution >= 0.6 is 0 Å². The quantitative estimate of drug-likeness (QED) is 0.893. The molecular formula is C15H19N3O. The maximum atomic E-state index is 5.81. The topological polar surface area (TPSA) is 61.0 Å². The summed E-state index contributed by atoms with van der Waals surface area (Å²) in [5, 5.41) is 0. The van der Waals surface area contributed by atoms with E-state index in [-0.39, 0.29) is 6.04 Å². The van der Waals surface area contributed by atoms with Gasteiger partial charge in [-0.2, -0.15) is 0 Å². The number of hydrogen-bond acceptors (Lipinski definition) is 4. The van der Waals surface area contributed by atoms with Gasteiger partial charge in [0.15, 0.2) is 5.82 Å². The van der Waals surface area contributed by atoms with Crippen molar-refractivity contribution in [1.82, 2.24) is 9.97 Å². The van der Waals surface area contributed by atoms with Crippen LogP contribution in [0, 0.1) is 0 Å². The van der Waals surface area contributed by atoms with Crippen molar-refractivity contribution in [2.24, 2.45) is 5.73 Å². The lowest BCUT2D eigenvalue weighted by Gasteiger charge is -2.10. The number of hydrogen-bond donors (Lipinski definition) is 1. The Morgan fingerprint density at radius 1 is 1.26 bits per heavy atom. The number of benzene rings is 1. The molecule has 1 aromatic heterocycles. The second-order valence-electron chi connectivity index (χ2n) is 4.48. The molecule has 0 radical (unpaired) electrons. The van der Waals surface area contributed by atoms with Crippen molar-refractivity contribution in [3.05, 3.63) is 42.2 Å². The van der Waals surface area contributed by atoms with Crippen LogP contribution in [0.1, 0.15) is 19.5 Å². The normalized spacial score (nSPS) is 12.2. The molecule has 0 aliphatic rings. The average Bonchev–Trinajstić information content (AvgIpc) is 2.39. The van der Waals surface area contributed by atoms with Crippen LogP contribution in [0.5, 0.6) is 5.75 Å². The van der Waals surface area contributed by atoms with Crippen molar-refractivity contribution in [1.29, 1.82) is 0 Å². The van der Waals surface area contributed by atoms with Gasteiger partial charge in [0.1, 0.15) is 5.75 Å². The van der Waals surface area contributed by atoms with Gasteiger partial charge in [0.2, 0.25) is 0 Å². The lowest BCUT2D eigenvalue weighted by Crippen LogP contribution is -2.18. The Bertz CT molecular complexity index is 540. The van der Waals surface area contributed by atoms with Crippen LogP contribution < -0.4 is 10.5 Å². The summed E-state index contributed by atoms with van der Waals surface area (Å²) in [7, 11) is 0. The molecule has 0 saturated heterocycles. The van der Waals surface area contributed by atoms with E-state index in [1.54, 1.807) is 6.20 Å². The summed E-state index contributed by atoms with van der Waals surface area (Å²) in [6, 6.07) is 9.79. The molecular weight excluding hydrogens is 238 g/mol. The molecule has 0 aliphatic carbocycles. The second-order valence-corrected chi connectivity index (χ2v) is 4.48. The van der Waals surface area contributed by atoms with Crippen molar-refractivity contribution >= 4 is 0 Å². The van der Waals surface area contributed by atoms with Gasteiger partial charge in [0.05, 0.1) is 12.2 Å². The van der Waals surface area contributed by atoms with E-state index < -0.39 is 0 Å². The minimum Gasteiger partial charge on any atom is -0.493 e. The van der Waals surface area contributed by atoms with E-state index >= 15 is 0 Å². The first-order valence-electron chi connectivity index (χ1n) is 6.50. The third-order valence-electron chi connectivity index (χ3n) is 2.67. The zero-order valence-corrected chi connectivity index (χ0v) is 11.3. The van der Waals surface area contributed by atoms with Crippen LogP contribution in [-0.4, -0.2) is 22.6 Å². The summed E-state index contributed by atoms with van der Waals surface area (Å²) in [5.74, 6) is 1.49. The molecule has 1 aromatic carbocycles. The van der Waals surface area contributed by atoms with Crippen LogP contribution in [0.25, 0.3) is 11.4 Å². The maximum Gasteiger partial charge on any atom is 0.163 e. The molecule has 19 heavy (non-hydrogen) atoms. The molecule has 0 fully saturated rings. The van der Waals surface area contributed by atoms with Crippen LogP contribution in [-0.2, 0) is 6.42 Å². The van der Waals surface area contributed by atoms with Gasteiger partial charge in [-0.1, -0.05) is 12.1 Å². The number of nitrogens with two attached hydrogens (primary N) is 1. The van der Waals surface area contributed by atoms with Crippen LogP contribution in [0.3, 0.4) is 0 Å². The fourth-order valence-electron chi connectivity index (χ4n) is 1.90. The smallest absolute Gasteiger partial charge is 0.163 e. The van der Waals surface area contributed by atoms with Gasteiger partial charge in [-0.05, 0) is 32.0 Å². The molecule has 1 atom stereocenters. The SMILES string of the molecule is CCOc1ccccc1-c1nccc(CC(C)N)n1. The largest absolute Gasteiger partial charge is 0.493 e. The standard InChI is InChI=1S/C15H19N3O/c1-3-19-14-7-5-4-6-13(14)15-17-9-8-12(18-15)10-11(2)16/h4-9,11H,3,10,16H2,1-2H3. The predicted octanol–water partition coefficient (Wildman–Crippen LogP) is 2.43.